The number of carbonyl (C=O) groups excluding carboxylic acids is 1. The van der Waals surface area contributed by atoms with Gasteiger partial charge in [0.2, 0.25) is 5.91 Å². The topological polar surface area (TPSA) is 29.1 Å². The van der Waals surface area contributed by atoms with Gasteiger partial charge in [-0.25, -0.2) is 4.39 Å². The van der Waals surface area contributed by atoms with E-state index in [1.165, 1.54) is 11.0 Å². The van der Waals surface area contributed by atoms with E-state index in [4.69, 9.17) is 0 Å². The van der Waals surface area contributed by atoms with Crippen LogP contribution in [0, 0.1) is 5.82 Å². The van der Waals surface area contributed by atoms with Crippen molar-refractivity contribution in [3.63, 3.8) is 0 Å². The van der Waals surface area contributed by atoms with Crippen molar-refractivity contribution in [3.05, 3.63) is 60.4 Å². The fourth-order valence-electron chi connectivity index (χ4n) is 1.71. The van der Waals surface area contributed by atoms with Crippen LogP contribution >= 0.6 is 11.8 Å². The van der Waals surface area contributed by atoms with Gasteiger partial charge >= 0.3 is 0 Å². The van der Waals surface area contributed by atoms with Crippen LogP contribution in [0.25, 0.3) is 0 Å². The molecule has 0 unspecified atom stereocenters. The van der Waals surface area contributed by atoms with Gasteiger partial charge in [0.25, 0.3) is 0 Å². The third kappa shape index (κ3) is 4.70. The second-order valence-electron chi connectivity index (χ2n) is 4.29. The van der Waals surface area contributed by atoms with Gasteiger partial charge in [0.1, 0.15) is 5.82 Å². The molecular formula is C16H16FNOS. The first-order chi connectivity index (χ1) is 9.75. The summed E-state index contributed by atoms with van der Waals surface area (Å²) in [7, 11) is 0. The van der Waals surface area contributed by atoms with Crippen molar-refractivity contribution in [2.75, 3.05) is 11.1 Å². The molecule has 0 heterocycles. The van der Waals surface area contributed by atoms with Gasteiger partial charge in [0.15, 0.2) is 0 Å². The molecule has 4 heteroatoms. The van der Waals surface area contributed by atoms with E-state index >= 15 is 0 Å². The number of nitrogens with one attached hydrogen (secondary N) is 1. The highest BCUT2D eigenvalue weighted by Crippen LogP contribution is 2.19. The first-order valence-electron chi connectivity index (χ1n) is 6.48. The Labute approximate surface area is 122 Å². The Balaban J connectivity index is 1.69. The number of amides is 1. The maximum Gasteiger partial charge on any atom is 0.224 e. The number of carbonyl (C=O) groups is 1. The second-order valence-corrected chi connectivity index (χ2v) is 5.46. The van der Waals surface area contributed by atoms with Crippen LogP contribution in [0.5, 0.6) is 0 Å². The molecule has 2 aromatic carbocycles. The van der Waals surface area contributed by atoms with E-state index in [1.807, 2.05) is 30.3 Å². The molecule has 0 aromatic heterocycles. The van der Waals surface area contributed by atoms with Crippen molar-refractivity contribution in [1.82, 2.24) is 0 Å². The average molecular weight is 289 g/mol. The minimum Gasteiger partial charge on any atom is -0.324 e. The number of rotatable bonds is 6. The summed E-state index contributed by atoms with van der Waals surface area (Å²) in [5.41, 5.74) is 0.244. The molecule has 0 aliphatic rings. The van der Waals surface area contributed by atoms with Crippen molar-refractivity contribution in [1.29, 1.82) is 0 Å². The summed E-state index contributed by atoms with van der Waals surface area (Å²) < 4.78 is 13.3. The Kier molecular flexibility index (Phi) is 5.62. The fraction of sp³-hybridized carbons (Fsp3) is 0.188. The lowest BCUT2D eigenvalue weighted by atomic mass is 10.2. The molecule has 0 saturated heterocycles. The molecule has 1 N–H and O–H groups in total. The third-order valence-electron chi connectivity index (χ3n) is 2.71. The number of para-hydroxylation sites is 1. The van der Waals surface area contributed by atoms with E-state index in [1.54, 1.807) is 30.0 Å². The molecule has 2 rings (SSSR count). The number of halogens is 1. The lowest BCUT2D eigenvalue weighted by Crippen LogP contribution is -2.12. The monoisotopic (exact) mass is 289 g/mol. The van der Waals surface area contributed by atoms with Gasteiger partial charge in [-0.1, -0.05) is 30.3 Å². The maximum atomic E-state index is 13.3. The zero-order chi connectivity index (χ0) is 14.2. The SMILES string of the molecule is O=C(CCCSc1ccccc1)Nc1ccccc1F. The van der Waals surface area contributed by atoms with E-state index in [0.717, 1.165) is 12.2 Å². The molecule has 20 heavy (non-hydrogen) atoms. The van der Waals surface area contributed by atoms with E-state index in [2.05, 4.69) is 5.32 Å². The number of hydrogen-bond donors (Lipinski definition) is 1. The number of benzene rings is 2. The van der Waals surface area contributed by atoms with Crippen LogP contribution in [-0.2, 0) is 4.79 Å². The molecule has 0 atom stereocenters. The molecule has 0 radical (unpaired) electrons. The minimum atomic E-state index is -0.403. The molecule has 0 aliphatic carbocycles. The van der Waals surface area contributed by atoms with Crippen LogP contribution in [0.2, 0.25) is 0 Å². The lowest BCUT2D eigenvalue weighted by molar-refractivity contribution is -0.116. The summed E-state index contributed by atoms with van der Waals surface area (Å²) in [6.07, 6.45) is 1.16. The molecule has 0 aliphatic heterocycles. The quantitative estimate of drug-likeness (QED) is 0.633. The van der Waals surface area contributed by atoms with Crippen LogP contribution in [0.1, 0.15) is 12.8 Å². The molecule has 2 nitrogen and oxygen atoms in total. The van der Waals surface area contributed by atoms with Gasteiger partial charge in [-0.3, -0.25) is 4.79 Å². The highest BCUT2D eigenvalue weighted by Gasteiger charge is 2.05. The second kappa shape index (κ2) is 7.70. The number of hydrogen-bond acceptors (Lipinski definition) is 2. The van der Waals surface area contributed by atoms with Gasteiger partial charge in [0.05, 0.1) is 5.69 Å². The van der Waals surface area contributed by atoms with E-state index in [0.29, 0.717) is 6.42 Å². The molecule has 0 spiro atoms. The lowest BCUT2D eigenvalue weighted by Gasteiger charge is -2.06. The normalized spacial score (nSPS) is 10.2. The Morgan fingerprint density at radius 3 is 2.50 bits per heavy atom. The summed E-state index contributed by atoms with van der Waals surface area (Å²) in [5.74, 6) is 0.317. The Hall–Kier alpha value is -1.81. The van der Waals surface area contributed by atoms with E-state index in [-0.39, 0.29) is 11.6 Å². The fourth-order valence-corrected chi connectivity index (χ4v) is 2.59. The Morgan fingerprint density at radius 2 is 1.75 bits per heavy atom. The highest BCUT2D eigenvalue weighted by atomic mass is 32.2. The summed E-state index contributed by atoms with van der Waals surface area (Å²) in [4.78, 5) is 12.9. The van der Waals surface area contributed by atoms with Crippen LogP contribution in [0.15, 0.2) is 59.5 Å². The molecule has 0 bridgehead atoms. The average Bonchev–Trinajstić information content (AvgIpc) is 2.47. The number of thioether (sulfide) groups is 1. The first-order valence-corrected chi connectivity index (χ1v) is 7.46. The largest absolute Gasteiger partial charge is 0.324 e. The summed E-state index contributed by atoms with van der Waals surface area (Å²) in [5, 5.41) is 2.59. The Bertz CT molecular complexity index is 559. The van der Waals surface area contributed by atoms with Gasteiger partial charge in [-0.15, -0.1) is 11.8 Å². The van der Waals surface area contributed by atoms with Crippen LogP contribution in [-0.4, -0.2) is 11.7 Å². The zero-order valence-corrected chi connectivity index (χ0v) is 11.8. The summed E-state index contributed by atoms with van der Waals surface area (Å²) >= 11 is 1.72. The van der Waals surface area contributed by atoms with E-state index < -0.39 is 5.82 Å². The molecular weight excluding hydrogens is 273 g/mol. The highest BCUT2D eigenvalue weighted by molar-refractivity contribution is 7.99. The molecule has 1 amide bonds. The summed E-state index contributed by atoms with van der Waals surface area (Å²) in [6, 6.07) is 16.2. The summed E-state index contributed by atoms with van der Waals surface area (Å²) in [6.45, 7) is 0. The molecule has 104 valence electrons. The van der Waals surface area contributed by atoms with Gasteiger partial charge in [-0.2, -0.15) is 0 Å². The van der Waals surface area contributed by atoms with Gasteiger partial charge in [0, 0.05) is 11.3 Å². The third-order valence-corrected chi connectivity index (χ3v) is 3.81. The van der Waals surface area contributed by atoms with Crippen molar-refractivity contribution < 1.29 is 9.18 Å². The van der Waals surface area contributed by atoms with Crippen LogP contribution in [0.4, 0.5) is 10.1 Å². The van der Waals surface area contributed by atoms with Crippen molar-refractivity contribution in [3.8, 4) is 0 Å². The molecule has 2 aromatic rings. The van der Waals surface area contributed by atoms with Gasteiger partial charge < -0.3 is 5.32 Å². The first kappa shape index (κ1) is 14.6. The van der Waals surface area contributed by atoms with Crippen molar-refractivity contribution in [2.24, 2.45) is 0 Å². The smallest absolute Gasteiger partial charge is 0.224 e. The van der Waals surface area contributed by atoms with Gasteiger partial charge in [-0.05, 0) is 36.4 Å². The molecule has 0 saturated carbocycles. The zero-order valence-electron chi connectivity index (χ0n) is 11.0. The van der Waals surface area contributed by atoms with E-state index in [9.17, 15) is 9.18 Å². The van der Waals surface area contributed by atoms with Crippen molar-refractivity contribution >= 4 is 23.4 Å². The molecule has 0 fully saturated rings. The standard InChI is InChI=1S/C16H16FNOS/c17-14-9-4-5-10-15(14)18-16(19)11-6-12-20-13-7-2-1-3-8-13/h1-5,7-10H,6,11-12H2,(H,18,19). The van der Waals surface area contributed by atoms with Crippen LogP contribution < -0.4 is 5.32 Å². The Morgan fingerprint density at radius 1 is 1.05 bits per heavy atom. The minimum absolute atomic E-state index is 0.149. The van der Waals surface area contributed by atoms with Crippen LogP contribution in [0.3, 0.4) is 0 Å². The maximum absolute atomic E-state index is 13.3. The number of anilines is 1. The predicted octanol–water partition coefficient (Wildman–Crippen LogP) is 4.34. The predicted molar refractivity (Wildman–Crippen MR) is 81.4 cm³/mol. The van der Waals surface area contributed by atoms with Crippen molar-refractivity contribution in [2.45, 2.75) is 17.7 Å².